The van der Waals surface area contributed by atoms with Gasteiger partial charge in [-0.2, -0.15) is 0 Å². The van der Waals surface area contributed by atoms with Gasteiger partial charge in [-0.3, -0.25) is 19.7 Å². The largest absolute Gasteiger partial charge is 0.480 e. The Balaban J connectivity index is 2.80. The van der Waals surface area contributed by atoms with E-state index in [0.29, 0.717) is 0 Å². The molecule has 1 amide bonds. The molecule has 0 bridgehead atoms. The molecule has 10 nitrogen and oxygen atoms in total. The van der Waals surface area contributed by atoms with Gasteiger partial charge in [0.15, 0.2) is 0 Å². The number of nitrogens with zero attached hydrogens (tertiary/aromatic N) is 1. The van der Waals surface area contributed by atoms with E-state index >= 15 is 0 Å². The summed E-state index contributed by atoms with van der Waals surface area (Å²) in [4.78, 5) is 42.9. The van der Waals surface area contributed by atoms with Crippen LogP contribution in [0.15, 0.2) is 18.2 Å². The molecule has 118 valence electrons. The number of anilines is 1. The third-order valence-corrected chi connectivity index (χ3v) is 2.71. The van der Waals surface area contributed by atoms with Gasteiger partial charge in [-0.1, -0.05) is 0 Å². The number of nitro benzene ring substituents is 1. The van der Waals surface area contributed by atoms with Crippen molar-refractivity contribution < 1.29 is 29.5 Å². The van der Waals surface area contributed by atoms with Crippen LogP contribution >= 0.6 is 0 Å². The molecule has 0 aliphatic carbocycles. The maximum Gasteiger partial charge on any atom is 0.342 e. The second kappa shape index (κ2) is 7.13. The highest BCUT2D eigenvalue weighted by Gasteiger charge is 2.20. The average Bonchev–Trinajstić information content (AvgIpc) is 2.44. The van der Waals surface area contributed by atoms with Crippen LogP contribution in [0.2, 0.25) is 0 Å². The van der Waals surface area contributed by atoms with Crippen LogP contribution in [-0.2, 0) is 9.59 Å². The summed E-state index contributed by atoms with van der Waals surface area (Å²) in [5.41, 5.74) is 4.13. The number of hydrogen-bond donors (Lipinski definition) is 4. The molecule has 0 saturated heterocycles. The van der Waals surface area contributed by atoms with Crippen molar-refractivity contribution in [3.05, 3.63) is 33.9 Å². The van der Waals surface area contributed by atoms with E-state index in [-0.39, 0.29) is 18.5 Å². The average molecular weight is 311 g/mol. The normalized spacial score (nSPS) is 11.5. The Morgan fingerprint density at radius 2 is 1.95 bits per heavy atom. The fourth-order valence-corrected chi connectivity index (χ4v) is 1.58. The van der Waals surface area contributed by atoms with Crippen LogP contribution in [0.1, 0.15) is 23.2 Å². The van der Waals surface area contributed by atoms with Gasteiger partial charge in [0, 0.05) is 18.2 Å². The lowest BCUT2D eigenvalue weighted by Crippen LogP contribution is -2.31. The molecular weight excluding hydrogens is 298 g/mol. The minimum atomic E-state index is -1.50. The summed E-state index contributed by atoms with van der Waals surface area (Å²) in [6, 6.07) is 1.91. The predicted molar refractivity (Wildman–Crippen MR) is 73.5 cm³/mol. The van der Waals surface area contributed by atoms with Gasteiger partial charge in [0.25, 0.3) is 5.69 Å². The lowest BCUT2D eigenvalue weighted by molar-refractivity contribution is -0.385. The lowest BCUT2D eigenvalue weighted by Gasteiger charge is -2.08. The molecule has 0 radical (unpaired) electrons. The molecule has 1 unspecified atom stereocenters. The van der Waals surface area contributed by atoms with Crippen molar-refractivity contribution in [2.45, 2.75) is 18.9 Å². The first-order valence-electron chi connectivity index (χ1n) is 6.02. The van der Waals surface area contributed by atoms with Crippen LogP contribution < -0.4 is 11.1 Å². The molecule has 22 heavy (non-hydrogen) atoms. The van der Waals surface area contributed by atoms with E-state index in [1.165, 1.54) is 6.07 Å². The summed E-state index contributed by atoms with van der Waals surface area (Å²) >= 11 is 0. The van der Waals surface area contributed by atoms with Crippen LogP contribution in [-0.4, -0.2) is 39.0 Å². The quantitative estimate of drug-likeness (QED) is 0.414. The molecule has 0 aliphatic heterocycles. The van der Waals surface area contributed by atoms with Crippen molar-refractivity contribution in [2.24, 2.45) is 5.73 Å². The molecule has 0 fully saturated rings. The van der Waals surface area contributed by atoms with Gasteiger partial charge in [-0.05, 0) is 18.6 Å². The predicted octanol–water partition coefficient (Wildman–Crippen LogP) is 0.424. The van der Waals surface area contributed by atoms with Crippen molar-refractivity contribution in [1.29, 1.82) is 0 Å². The van der Waals surface area contributed by atoms with E-state index in [9.17, 15) is 24.5 Å². The van der Waals surface area contributed by atoms with Gasteiger partial charge in [0.1, 0.15) is 11.6 Å². The van der Waals surface area contributed by atoms with Crippen molar-refractivity contribution in [3.63, 3.8) is 0 Å². The number of aromatic carboxylic acids is 1. The lowest BCUT2D eigenvalue weighted by atomic mass is 10.1. The Bertz CT molecular complexity index is 629. The molecule has 0 heterocycles. The maximum atomic E-state index is 11.6. The van der Waals surface area contributed by atoms with Crippen molar-refractivity contribution in [1.82, 2.24) is 0 Å². The Labute approximate surface area is 123 Å². The molecule has 1 atom stereocenters. The molecule has 10 heteroatoms. The minimum Gasteiger partial charge on any atom is -0.480 e. The van der Waals surface area contributed by atoms with Crippen molar-refractivity contribution >= 4 is 29.2 Å². The first kappa shape index (κ1) is 17.0. The number of carboxylic acids is 2. The van der Waals surface area contributed by atoms with Gasteiger partial charge >= 0.3 is 11.9 Å². The zero-order valence-electron chi connectivity index (χ0n) is 11.2. The number of amides is 1. The second-order valence-corrected chi connectivity index (χ2v) is 4.33. The maximum absolute atomic E-state index is 11.6. The van der Waals surface area contributed by atoms with Gasteiger partial charge < -0.3 is 21.3 Å². The highest BCUT2D eigenvalue weighted by molar-refractivity contribution is 5.96. The summed E-state index contributed by atoms with van der Waals surface area (Å²) in [6.07, 6.45) is -0.285. The Morgan fingerprint density at radius 1 is 1.32 bits per heavy atom. The number of carbonyl (C=O) groups is 3. The summed E-state index contributed by atoms with van der Waals surface area (Å²) in [6.45, 7) is 0. The second-order valence-electron chi connectivity index (χ2n) is 4.33. The Morgan fingerprint density at radius 3 is 2.45 bits per heavy atom. The number of aliphatic carboxylic acids is 1. The van der Waals surface area contributed by atoms with Crippen molar-refractivity contribution in [2.75, 3.05) is 5.32 Å². The summed E-state index contributed by atoms with van der Waals surface area (Å²) in [7, 11) is 0. The summed E-state index contributed by atoms with van der Waals surface area (Å²) in [5.74, 6) is -3.33. The van der Waals surface area contributed by atoms with E-state index in [2.05, 4.69) is 5.32 Å². The minimum absolute atomic E-state index is 0.0527. The highest BCUT2D eigenvalue weighted by Crippen LogP contribution is 2.22. The van der Waals surface area contributed by atoms with Crippen LogP contribution in [0.5, 0.6) is 0 Å². The Hall–Kier alpha value is -3.01. The van der Waals surface area contributed by atoms with Gasteiger partial charge in [0.05, 0.1) is 4.92 Å². The number of carboxylic acid groups (broad SMARTS) is 2. The van der Waals surface area contributed by atoms with Crippen LogP contribution in [0, 0.1) is 10.1 Å². The van der Waals surface area contributed by atoms with Gasteiger partial charge in [-0.15, -0.1) is 0 Å². The molecule has 0 aliphatic rings. The number of nitrogens with one attached hydrogen (secondary N) is 1. The van der Waals surface area contributed by atoms with E-state index in [0.717, 1.165) is 12.1 Å². The van der Waals surface area contributed by atoms with Crippen molar-refractivity contribution in [3.8, 4) is 0 Å². The summed E-state index contributed by atoms with van der Waals surface area (Å²) in [5, 5.41) is 30.5. The van der Waals surface area contributed by atoms with E-state index in [1.807, 2.05) is 0 Å². The topological polar surface area (TPSA) is 173 Å². The number of benzene rings is 1. The molecule has 5 N–H and O–H groups in total. The van der Waals surface area contributed by atoms with Gasteiger partial charge in [-0.25, -0.2) is 4.79 Å². The number of nitrogens with two attached hydrogens (primary N) is 1. The SMILES string of the molecule is NC(CCC(=O)Nc1ccc([N+](=O)[O-])c(C(=O)O)c1)C(=O)O. The summed E-state index contributed by atoms with van der Waals surface area (Å²) < 4.78 is 0. The fourth-order valence-electron chi connectivity index (χ4n) is 1.58. The molecule has 1 aromatic rings. The number of nitro groups is 1. The third-order valence-electron chi connectivity index (χ3n) is 2.71. The van der Waals surface area contributed by atoms with E-state index in [1.54, 1.807) is 0 Å². The molecule has 1 rings (SSSR count). The standard InChI is InChI=1S/C12H13N3O7/c13-8(12(19)20)2-4-10(16)14-6-1-3-9(15(21)22)7(5-6)11(17)18/h1,3,5,8H,2,4,13H2,(H,14,16)(H,17,18)(H,19,20). The molecule has 1 aromatic carbocycles. The zero-order valence-corrected chi connectivity index (χ0v) is 11.2. The number of hydrogen-bond acceptors (Lipinski definition) is 6. The van der Waals surface area contributed by atoms with Crippen LogP contribution in [0.25, 0.3) is 0 Å². The monoisotopic (exact) mass is 311 g/mol. The van der Waals surface area contributed by atoms with Gasteiger partial charge in [0.2, 0.25) is 5.91 Å². The molecule has 0 spiro atoms. The number of carbonyl (C=O) groups excluding carboxylic acids is 1. The van der Waals surface area contributed by atoms with E-state index < -0.39 is 40.1 Å². The first-order valence-corrected chi connectivity index (χ1v) is 6.02. The Kier molecular flexibility index (Phi) is 5.52. The highest BCUT2D eigenvalue weighted by atomic mass is 16.6. The molecule has 0 saturated carbocycles. The smallest absolute Gasteiger partial charge is 0.342 e. The number of rotatable bonds is 7. The zero-order chi connectivity index (χ0) is 16.9. The fraction of sp³-hybridized carbons (Fsp3) is 0.250. The third kappa shape index (κ3) is 4.52. The van der Waals surface area contributed by atoms with Crippen LogP contribution in [0.4, 0.5) is 11.4 Å². The van der Waals surface area contributed by atoms with Crippen LogP contribution in [0.3, 0.4) is 0 Å². The molecule has 0 aromatic heterocycles. The molecular formula is C12H13N3O7. The first-order chi connectivity index (χ1) is 10.2. The van der Waals surface area contributed by atoms with E-state index in [4.69, 9.17) is 15.9 Å².